The topological polar surface area (TPSA) is 46.5 Å². The standard InChI is InChI=1S/C13H14O3/c1-10-9-12(5-3-4-8-14)6-7-13(10)16-11(2)15/h6-7,9,14H,4,8H2,1-2H3. The largest absolute Gasteiger partial charge is 0.426 e. The molecule has 0 saturated carbocycles. The lowest BCUT2D eigenvalue weighted by molar-refractivity contribution is -0.131. The van der Waals surface area contributed by atoms with Gasteiger partial charge in [0.25, 0.3) is 0 Å². The summed E-state index contributed by atoms with van der Waals surface area (Å²) < 4.78 is 5.00. The summed E-state index contributed by atoms with van der Waals surface area (Å²) in [4.78, 5) is 10.8. The highest BCUT2D eigenvalue weighted by Gasteiger charge is 2.02. The van der Waals surface area contributed by atoms with Crippen molar-refractivity contribution in [2.24, 2.45) is 0 Å². The molecule has 1 aromatic carbocycles. The average molecular weight is 218 g/mol. The highest BCUT2D eigenvalue weighted by Crippen LogP contribution is 2.18. The number of benzene rings is 1. The number of carbonyl (C=O) groups excluding carboxylic acids is 1. The molecular weight excluding hydrogens is 204 g/mol. The van der Waals surface area contributed by atoms with Crippen molar-refractivity contribution in [3.05, 3.63) is 29.3 Å². The molecule has 0 bridgehead atoms. The van der Waals surface area contributed by atoms with E-state index in [4.69, 9.17) is 9.84 Å². The molecule has 0 aliphatic carbocycles. The molecule has 3 heteroatoms. The zero-order chi connectivity index (χ0) is 12.0. The number of carbonyl (C=O) groups is 1. The van der Waals surface area contributed by atoms with Crippen molar-refractivity contribution in [3.63, 3.8) is 0 Å². The minimum atomic E-state index is -0.331. The van der Waals surface area contributed by atoms with Crippen LogP contribution >= 0.6 is 0 Å². The maximum atomic E-state index is 10.8. The van der Waals surface area contributed by atoms with Crippen LogP contribution in [0.15, 0.2) is 18.2 Å². The van der Waals surface area contributed by atoms with E-state index in [9.17, 15) is 4.79 Å². The third-order valence-corrected chi connectivity index (χ3v) is 1.90. The second-order valence-corrected chi connectivity index (χ2v) is 3.35. The third kappa shape index (κ3) is 3.76. The number of rotatable bonds is 2. The Morgan fingerprint density at radius 2 is 2.25 bits per heavy atom. The van der Waals surface area contributed by atoms with Gasteiger partial charge in [0, 0.05) is 18.9 Å². The fourth-order valence-electron chi connectivity index (χ4n) is 1.22. The van der Waals surface area contributed by atoms with Gasteiger partial charge in [0.05, 0.1) is 6.61 Å². The summed E-state index contributed by atoms with van der Waals surface area (Å²) in [7, 11) is 0. The number of hydrogen-bond acceptors (Lipinski definition) is 3. The predicted octanol–water partition coefficient (Wildman–Crippen LogP) is 1.65. The van der Waals surface area contributed by atoms with Crippen molar-refractivity contribution in [3.8, 4) is 17.6 Å². The predicted molar refractivity (Wildman–Crippen MR) is 61.1 cm³/mol. The number of ether oxygens (including phenoxy) is 1. The maximum Gasteiger partial charge on any atom is 0.308 e. The van der Waals surface area contributed by atoms with Crippen molar-refractivity contribution < 1.29 is 14.6 Å². The molecule has 0 unspecified atom stereocenters. The number of aryl methyl sites for hydroxylation is 1. The van der Waals surface area contributed by atoms with E-state index < -0.39 is 0 Å². The van der Waals surface area contributed by atoms with Gasteiger partial charge in [-0.2, -0.15) is 0 Å². The minimum Gasteiger partial charge on any atom is -0.426 e. The van der Waals surface area contributed by atoms with Crippen molar-refractivity contribution in [2.45, 2.75) is 20.3 Å². The van der Waals surface area contributed by atoms with Crippen molar-refractivity contribution >= 4 is 5.97 Å². The van der Waals surface area contributed by atoms with Crippen molar-refractivity contribution in [2.75, 3.05) is 6.61 Å². The molecular formula is C13H14O3. The summed E-state index contributed by atoms with van der Waals surface area (Å²) in [6.07, 6.45) is 0.463. The normalized spacial score (nSPS) is 9.19. The molecule has 0 aliphatic rings. The van der Waals surface area contributed by atoms with E-state index in [1.54, 1.807) is 12.1 Å². The quantitative estimate of drug-likeness (QED) is 0.466. The van der Waals surface area contributed by atoms with Crippen LogP contribution in [-0.4, -0.2) is 17.7 Å². The number of hydrogen-bond donors (Lipinski definition) is 1. The van der Waals surface area contributed by atoms with Gasteiger partial charge in [-0.25, -0.2) is 0 Å². The van der Waals surface area contributed by atoms with E-state index in [0.29, 0.717) is 12.2 Å². The van der Waals surface area contributed by atoms with Gasteiger partial charge in [0.2, 0.25) is 0 Å². The molecule has 1 aromatic rings. The van der Waals surface area contributed by atoms with Crippen molar-refractivity contribution in [1.82, 2.24) is 0 Å². The van der Waals surface area contributed by atoms with E-state index in [0.717, 1.165) is 11.1 Å². The van der Waals surface area contributed by atoms with Crippen LogP contribution in [0.3, 0.4) is 0 Å². The molecule has 0 heterocycles. The molecule has 0 aliphatic heterocycles. The fraction of sp³-hybridized carbons (Fsp3) is 0.308. The molecule has 0 saturated heterocycles. The number of aliphatic hydroxyl groups excluding tert-OH is 1. The Labute approximate surface area is 95.1 Å². The van der Waals surface area contributed by atoms with Gasteiger partial charge in [0.15, 0.2) is 0 Å². The fourth-order valence-corrected chi connectivity index (χ4v) is 1.22. The summed E-state index contributed by atoms with van der Waals surface area (Å²) in [5, 5.41) is 8.58. The van der Waals surface area contributed by atoms with Crippen LogP contribution in [0.4, 0.5) is 0 Å². The molecule has 16 heavy (non-hydrogen) atoms. The van der Waals surface area contributed by atoms with Gasteiger partial charge in [-0.05, 0) is 30.7 Å². The molecule has 0 aromatic heterocycles. The van der Waals surface area contributed by atoms with Crippen molar-refractivity contribution in [1.29, 1.82) is 0 Å². The lowest BCUT2D eigenvalue weighted by Gasteiger charge is -2.04. The van der Waals surface area contributed by atoms with Gasteiger partial charge < -0.3 is 9.84 Å². The molecule has 0 atom stereocenters. The van der Waals surface area contributed by atoms with Crippen LogP contribution in [0.5, 0.6) is 5.75 Å². The Morgan fingerprint density at radius 1 is 1.50 bits per heavy atom. The number of esters is 1. The van der Waals surface area contributed by atoms with Crippen LogP contribution < -0.4 is 4.74 Å². The second-order valence-electron chi connectivity index (χ2n) is 3.35. The number of aliphatic hydroxyl groups is 1. The maximum absolute atomic E-state index is 10.8. The minimum absolute atomic E-state index is 0.0670. The summed E-state index contributed by atoms with van der Waals surface area (Å²) in [5.74, 6) is 5.97. The Balaban J connectivity index is 2.83. The summed E-state index contributed by atoms with van der Waals surface area (Å²) in [6.45, 7) is 3.29. The lowest BCUT2D eigenvalue weighted by atomic mass is 10.1. The van der Waals surface area contributed by atoms with E-state index in [2.05, 4.69) is 11.8 Å². The Morgan fingerprint density at radius 3 is 2.81 bits per heavy atom. The Bertz CT molecular complexity index is 438. The highest BCUT2D eigenvalue weighted by atomic mass is 16.5. The van der Waals surface area contributed by atoms with Crippen LogP contribution in [0.1, 0.15) is 24.5 Å². The van der Waals surface area contributed by atoms with Crippen LogP contribution in [-0.2, 0) is 4.79 Å². The first kappa shape index (κ1) is 12.3. The van der Waals surface area contributed by atoms with E-state index in [1.807, 2.05) is 13.0 Å². The smallest absolute Gasteiger partial charge is 0.308 e. The lowest BCUT2D eigenvalue weighted by Crippen LogP contribution is -2.02. The Kier molecular flexibility index (Phi) is 4.56. The van der Waals surface area contributed by atoms with E-state index >= 15 is 0 Å². The molecule has 84 valence electrons. The molecule has 1 N–H and O–H groups in total. The SMILES string of the molecule is CC(=O)Oc1ccc(C#CCCO)cc1C. The van der Waals surface area contributed by atoms with E-state index in [-0.39, 0.29) is 12.6 Å². The summed E-state index contributed by atoms with van der Waals surface area (Å²) in [5.41, 5.74) is 1.72. The van der Waals surface area contributed by atoms with Gasteiger partial charge in [0.1, 0.15) is 5.75 Å². The van der Waals surface area contributed by atoms with Crippen LogP contribution in [0.2, 0.25) is 0 Å². The van der Waals surface area contributed by atoms with Gasteiger partial charge in [-0.1, -0.05) is 11.8 Å². The molecule has 3 nitrogen and oxygen atoms in total. The first-order chi connectivity index (χ1) is 7.63. The molecule has 0 spiro atoms. The Hall–Kier alpha value is -1.79. The first-order valence-electron chi connectivity index (χ1n) is 5.02. The monoisotopic (exact) mass is 218 g/mol. The molecule has 0 fully saturated rings. The zero-order valence-electron chi connectivity index (χ0n) is 9.41. The highest BCUT2D eigenvalue weighted by molar-refractivity contribution is 5.69. The summed E-state index contributed by atoms with van der Waals surface area (Å²) in [6, 6.07) is 5.36. The third-order valence-electron chi connectivity index (χ3n) is 1.90. The van der Waals surface area contributed by atoms with Gasteiger partial charge in [-0.3, -0.25) is 4.79 Å². The van der Waals surface area contributed by atoms with E-state index in [1.165, 1.54) is 6.92 Å². The molecule has 0 amide bonds. The van der Waals surface area contributed by atoms with Crippen LogP contribution in [0, 0.1) is 18.8 Å². The zero-order valence-corrected chi connectivity index (χ0v) is 9.41. The van der Waals surface area contributed by atoms with Gasteiger partial charge >= 0.3 is 5.97 Å². The molecule has 0 radical (unpaired) electrons. The van der Waals surface area contributed by atoms with Crippen LogP contribution in [0.25, 0.3) is 0 Å². The van der Waals surface area contributed by atoms with Gasteiger partial charge in [-0.15, -0.1) is 0 Å². The second kappa shape index (κ2) is 5.94. The average Bonchev–Trinajstić information content (AvgIpc) is 2.22. The first-order valence-corrected chi connectivity index (χ1v) is 5.02. The summed E-state index contributed by atoms with van der Waals surface area (Å²) >= 11 is 0. The molecule has 1 rings (SSSR count).